The van der Waals surface area contributed by atoms with Crippen molar-refractivity contribution in [3.8, 4) is 0 Å². The third kappa shape index (κ3) is 68.2. The Kier molecular flexibility index (Phi) is 68.6. The van der Waals surface area contributed by atoms with Crippen LogP contribution in [0.25, 0.3) is 0 Å². The van der Waals surface area contributed by atoms with Gasteiger partial charge in [0.05, 0.1) is 0 Å². The van der Waals surface area contributed by atoms with E-state index >= 15 is 0 Å². The SMILES string of the molecule is CCCC/C=C\C/C=C\CCCCCCCC(=O)OCC(COC(=O)CCCCCCCCCCCCCCCCCCCCCCCCCCCCC)OC(=O)CCCCCCCCCCCCC/C=C\C/C=C\CCCCCCC. The minimum atomic E-state index is -0.780. The highest BCUT2D eigenvalue weighted by Crippen LogP contribution is 2.19. The average molecular weight is 1150 g/mol. The van der Waals surface area contributed by atoms with Crippen LogP contribution in [0.15, 0.2) is 48.6 Å². The molecule has 0 bridgehead atoms. The van der Waals surface area contributed by atoms with Gasteiger partial charge in [0.1, 0.15) is 13.2 Å². The van der Waals surface area contributed by atoms with Gasteiger partial charge < -0.3 is 14.2 Å². The van der Waals surface area contributed by atoms with Crippen molar-refractivity contribution in [2.45, 2.75) is 406 Å². The molecule has 0 N–H and O–H groups in total. The van der Waals surface area contributed by atoms with Crippen molar-refractivity contribution in [1.29, 1.82) is 0 Å². The van der Waals surface area contributed by atoms with E-state index < -0.39 is 6.10 Å². The average Bonchev–Trinajstić information content (AvgIpc) is 3.47. The molecule has 0 aromatic heterocycles. The summed E-state index contributed by atoms with van der Waals surface area (Å²) in [6.07, 6.45) is 90.1. The van der Waals surface area contributed by atoms with Crippen molar-refractivity contribution in [1.82, 2.24) is 0 Å². The first-order chi connectivity index (χ1) is 40.5. The molecule has 0 saturated carbocycles. The maximum absolute atomic E-state index is 13.0. The summed E-state index contributed by atoms with van der Waals surface area (Å²) in [7, 11) is 0. The maximum atomic E-state index is 13.0. The quantitative estimate of drug-likeness (QED) is 0.0261. The molecule has 0 aliphatic carbocycles. The normalized spacial score (nSPS) is 12.3. The molecule has 0 heterocycles. The van der Waals surface area contributed by atoms with Gasteiger partial charge in [0.2, 0.25) is 0 Å². The Morgan fingerprint density at radius 1 is 0.244 bits per heavy atom. The Balaban J connectivity index is 4.24. The number of allylic oxidation sites excluding steroid dienone is 8. The van der Waals surface area contributed by atoms with Crippen LogP contribution in [0.3, 0.4) is 0 Å². The van der Waals surface area contributed by atoms with Gasteiger partial charge in [0.25, 0.3) is 0 Å². The lowest BCUT2D eigenvalue weighted by molar-refractivity contribution is -0.167. The Labute approximate surface area is 511 Å². The van der Waals surface area contributed by atoms with Gasteiger partial charge in [-0.15, -0.1) is 0 Å². The summed E-state index contributed by atoms with van der Waals surface area (Å²) in [6, 6.07) is 0. The molecule has 0 saturated heterocycles. The van der Waals surface area contributed by atoms with Crippen molar-refractivity contribution in [3.63, 3.8) is 0 Å². The number of hydrogen-bond donors (Lipinski definition) is 0. The van der Waals surface area contributed by atoms with Gasteiger partial charge in [-0.2, -0.15) is 0 Å². The Morgan fingerprint density at radius 3 is 0.707 bits per heavy atom. The zero-order chi connectivity index (χ0) is 59.2. The predicted molar refractivity (Wildman–Crippen MR) is 358 cm³/mol. The largest absolute Gasteiger partial charge is 0.462 e. The van der Waals surface area contributed by atoms with Crippen molar-refractivity contribution < 1.29 is 28.6 Å². The summed E-state index contributed by atoms with van der Waals surface area (Å²) >= 11 is 0. The first-order valence-corrected chi connectivity index (χ1v) is 36.6. The van der Waals surface area contributed by atoms with E-state index in [9.17, 15) is 14.4 Å². The lowest BCUT2D eigenvalue weighted by Crippen LogP contribution is -2.30. The first kappa shape index (κ1) is 79.4. The van der Waals surface area contributed by atoms with Crippen molar-refractivity contribution >= 4 is 17.9 Å². The number of rotatable bonds is 68. The third-order valence-electron chi connectivity index (χ3n) is 16.6. The summed E-state index contributed by atoms with van der Waals surface area (Å²) in [5.41, 5.74) is 0. The molecular formula is C76H140O6. The Morgan fingerprint density at radius 2 is 0.451 bits per heavy atom. The fraction of sp³-hybridized carbons (Fsp3) is 0.855. The van der Waals surface area contributed by atoms with Crippen molar-refractivity contribution in [2.75, 3.05) is 13.2 Å². The molecule has 0 spiro atoms. The summed E-state index contributed by atoms with van der Waals surface area (Å²) in [5, 5.41) is 0. The maximum Gasteiger partial charge on any atom is 0.306 e. The van der Waals surface area contributed by atoms with Gasteiger partial charge >= 0.3 is 17.9 Å². The summed E-state index contributed by atoms with van der Waals surface area (Å²) < 4.78 is 17.0. The Bertz CT molecular complexity index is 1410. The second-order valence-corrected chi connectivity index (χ2v) is 24.9. The van der Waals surface area contributed by atoms with Crippen LogP contribution >= 0.6 is 0 Å². The highest BCUT2D eigenvalue weighted by Gasteiger charge is 2.19. The van der Waals surface area contributed by atoms with Crippen LogP contribution in [0.2, 0.25) is 0 Å². The topological polar surface area (TPSA) is 78.9 Å². The third-order valence-corrected chi connectivity index (χ3v) is 16.6. The fourth-order valence-electron chi connectivity index (χ4n) is 11.0. The molecule has 0 rings (SSSR count). The standard InChI is InChI=1S/C76H140O6/c1-4-7-10-13-16-19-22-25-28-30-32-34-36-37-38-39-41-42-44-46-48-51-54-57-60-63-66-69-75(78)81-72-73(71-80-74(77)68-65-62-59-56-53-50-27-24-21-18-15-12-9-6-3)82-76(79)70-67-64-61-58-55-52-49-47-45-43-40-35-33-31-29-26-23-20-17-14-11-8-5-2/h15,18,23-24,26-27,31,33,73H,4-14,16-17,19-22,25,28-30,32,34-72H2,1-3H3/b18-15-,26-23-,27-24-,33-31-. The number of esters is 3. The number of ether oxygens (including phenoxy) is 3. The second-order valence-electron chi connectivity index (χ2n) is 24.9. The molecule has 0 aliphatic heterocycles. The van der Waals surface area contributed by atoms with Crippen LogP contribution in [-0.4, -0.2) is 37.2 Å². The lowest BCUT2D eigenvalue weighted by Gasteiger charge is -2.18. The fourth-order valence-corrected chi connectivity index (χ4v) is 11.0. The molecule has 1 unspecified atom stereocenters. The zero-order valence-corrected chi connectivity index (χ0v) is 55.3. The number of carbonyl (C=O) groups is 3. The van der Waals surface area contributed by atoms with Gasteiger partial charge in [-0.05, 0) is 77.0 Å². The molecule has 0 aliphatic rings. The van der Waals surface area contributed by atoms with Crippen LogP contribution in [0, 0.1) is 0 Å². The lowest BCUT2D eigenvalue weighted by atomic mass is 10.0. The minimum absolute atomic E-state index is 0.0742. The van der Waals surface area contributed by atoms with Gasteiger partial charge in [-0.25, -0.2) is 0 Å². The van der Waals surface area contributed by atoms with Gasteiger partial charge in [0.15, 0.2) is 6.10 Å². The van der Waals surface area contributed by atoms with E-state index in [0.717, 1.165) is 83.5 Å². The van der Waals surface area contributed by atoms with Crippen LogP contribution in [0.5, 0.6) is 0 Å². The number of hydrogen-bond acceptors (Lipinski definition) is 6. The van der Waals surface area contributed by atoms with Crippen molar-refractivity contribution in [2.24, 2.45) is 0 Å². The molecule has 0 aromatic carbocycles. The molecule has 6 nitrogen and oxygen atoms in total. The monoisotopic (exact) mass is 1150 g/mol. The predicted octanol–water partition coefficient (Wildman–Crippen LogP) is 25.3. The van der Waals surface area contributed by atoms with Crippen LogP contribution in [0.4, 0.5) is 0 Å². The molecule has 1 atom stereocenters. The van der Waals surface area contributed by atoms with E-state index in [1.807, 2.05) is 0 Å². The van der Waals surface area contributed by atoms with E-state index in [2.05, 4.69) is 69.4 Å². The molecule has 6 heteroatoms. The highest BCUT2D eigenvalue weighted by atomic mass is 16.6. The molecule has 0 fully saturated rings. The van der Waals surface area contributed by atoms with E-state index in [1.165, 1.54) is 276 Å². The molecule has 82 heavy (non-hydrogen) atoms. The van der Waals surface area contributed by atoms with E-state index in [1.54, 1.807) is 0 Å². The zero-order valence-electron chi connectivity index (χ0n) is 55.3. The summed E-state index contributed by atoms with van der Waals surface area (Å²) in [5.74, 6) is -0.864. The minimum Gasteiger partial charge on any atom is -0.462 e. The van der Waals surface area contributed by atoms with Gasteiger partial charge in [0, 0.05) is 19.3 Å². The molecule has 480 valence electrons. The highest BCUT2D eigenvalue weighted by molar-refractivity contribution is 5.71. The Hall–Kier alpha value is -2.63. The number of unbranched alkanes of at least 4 members (excludes halogenated alkanes) is 49. The van der Waals surface area contributed by atoms with Crippen LogP contribution < -0.4 is 0 Å². The summed E-state index contributed by atoms with van der Waals surface area (Å²) in [4.78, 5) is 38.5. The second kappa shape index (κ2) is 70.9. The van der Waals surface area contributed by atoms with Crippen LogP contribution in [0.1, 0.15) is 400 Å². The smallest absolute Gasteiger partial charge is 0.306 e. The van der Waals surface area contributed by atoms with Crippen molar-refractivity contribution in [3.05, 3.63) is 48.6 Å². The van der Waals surface area contributed by atoms with E-state index in [0.29, 0.717) is 19.3 Å². The van der Waals surface area contributed by atoms with Gasteiger partial charge in [-0.3, -0.25) is 14.4 Å². The first-order valence-electron chi connectivity index (χ1n) is 36.6. The van der Waals surface area contributed by atoms with E-state index in [4.69, 9.17) is 14.2 Å². The molecule has 0 aromatic rings. The molecule has 0 radical (unpaired) electrons. The number of carbonyl (C=O) groups excluding carboxylic acids is 3. The van der Waals surface area contributed by atoms with Crippen LogP contribution in [-0.2, 0) is 28.6 Å². The molecular weight excluding hydrogens is 1010 g/mol. The van der Waals surface area contributed by atoms with E-state index in [-0.39, 0.29) is 31.1 Å². The van der Waals surface area contributed by atoms with Gasteiger partial charge in [-0.1, -0.05) is 352 Å². The summed E-state index contributed by atoms with van der Waals surface area (Å²) in [6.45, 7) is 6.65. The molecule has 0 amide bonds.